The minimum Gasteiger partial charge on any atom is -0.502 e. The van der Waals surface area contributed by atoms with Gasteiger partial charge in [0.15, 0.2) is 5.75 Å². The standard InChI is InChI=1S/C7H8NO3P.C2H6/c1-12-5-2-3-7(9)6(4-5)8(10)11;1-2/h2-4,9,12H,1H3;1-2H3. The molecule has 4 nitrogen and oxygen atoms in total. The molecule has 0 aromatic heterocycles. The largest absolute Gasteiger partial charge is 0.502 e. The van der Waals surface area contributed by atoms with E-state index in [9.17, 15) is 10.1 Å². The number of phenols is 1. The molecule has 1 unspecified atom stereocenters. The molecule has 0 saturated carbocycles. The second-order valence-corrected chi connectivity index (χ2v) is 3.29. The lowest BCUT2D eigenvalue weighted by Gasteiger charge is -1.98. The Bertz CT molecular complexity index is 315. The predicted octanol–water partition coefficient (Wildman–Crippen LogP) is 2.26. The minimum atomic E-state index is -0.584. The van der Waals surface area contributed by atoms with Crippen molar-refractivity contribution in [3.63, 3.8) is 0 Å². The monoisotopic (exact) mass is 215 g/mol. The van der Waals surface area contributed by atoms with E-state index in [1.807, 2.05) is 20.5 Å². The summed E-state index contributed by atoms with van der Waals surface area (Å²) in [6, 6.07) is 4.43. The lowest BCUT2D eigenvalue weighted by atomic mass is 10.3. The van der Waals surface area contributed by atoms with Crippen LogP contribution in [-0.4, -0.2) is 16.7 Å². The van der Waals surface area contributed by atoms with Gasteiger partial charge in [-0.2, -0.15) is 0 Å². The zero-order chi connectivity index (χ0) is 11.1. The van der Waals surface area contributed by atoms with Crippen LogP contribution in [0.4, 0.5) is 5.69 Å². The zero-order valence-electron chi connectivity index (χ0n) is 8.44. The highest BCUT2D eigenvalue weighted by molar-refractivity contribution is 7.46. The van der Waals surface area contributed by atoms with E-state index in [4.69, 9.17) is 5.11 Å². The van der Waals surface area contributed by atoms with Crippen molar-refractivity contribution in [1.29, 1.82) is 0 Å². The Hall–Kier alpha value is -1.15. The van der Waals surface area contributed by atoms with Crippen LogP contribution in [0.1, 0.15) is 13.8 Å². The molecule has 0 radical (unpaired) electrons. The molecule has 5 heteroatoms. The van der Waals surface area contributed by atoms with Crippen LogP contribution in [0.5, 0.6) is 5.75 Å². The van der Waals surface area contributed by atoms with E-state index in [2.05, 4.69) is 0 Å². The number of rotatable bonds is 2. The normalized spacial score (nSPS) is 9.64. The van der Waals surface area contributed by atoms with Crippen LogP contribution in [0.3, 0.4) is 0 Å². The highest BCUT2D eigenvalue weighted by Gasteiger charge is 2.12. The van der Waals surface area contributed by atoms with Crippen molar-refractivity contribution >= 4 is 19.6 Å². The fourth-order valence-electron chi connectivity index (χ4n) is 0.825. The van der Waals surface area contributed by atoms with Gasteiger partial charge < -0.3 is 5.11 Å². The fourth-order valence-corrected chi connectivity index (χ4v) is 1.36. The van der Waals surface area contributed by atoms with E-state index in [0.717, 1.165) is 5.30 Å². The first-order valence-corrected chi connectivity index (χ1v) is 5.80. The summed E-state index contributed by atoms with van der Waals surface area (Å²) in [5.74, 6) is -0.276. The maximum Gasteiger partial charge on any atom is 0.311 e. The number of nitro benzene ring substituents is 1. The molecule has 0 bridgehead atoms. The average molecular weight is 215 g/mol. The fraction of sp³-hybridized carbons (Fsp3) is 0.333. The maximum atomic E-state index is 10.3. The summed E-state index contributed by atoms with van der Waals surface area (Å²) in [4.78, 5) is 9.75. The Morgan fingerprint density at radius 2 is 2.00 bits per heavy atom. The van der Waals surface area contributed by atoms with E-state index in [-0.39, 0.29) is 11.4 Å². The molecule has 1 rings (SSSR count). The maximum absolute atomic E-state index is 10.3. The molecule has 1 aromatic carbocycles. The number of hydrogen-bond acceptors (Lipinski definition) is 3. The third-order valence-corrected chi connectivity index (χ3v) is 2.35. The van der Waals surface area contributed by atoms with Crippen LogP contribution < -0.4 is 5.30 Å². The van der Waals surface area contributed by atoms with Gasteiger partial charge in [0.25, 0.3) is 0 Å². The van der Waals surface area contributed by atoms with Gasteiger partial charge in [-0.25, -0.2) is 0 Å². The highest BCUT2D eigenvalue weighted by Crippen LogP contribution is 2.24. The van der Waals surface area contributed by atoms with Gasteiger partial charge in [0.05, 0.1) is 4.92 Å². The van der Waals surface area contributed by atoms with Gasteiger partial charge in [0.1, 0.15) is 0 Å². The van der Waals surface area contributed by atoms with Crippen LogP contribution in [0.2, 0.25) is 0 Å². The van der Waals surface area contributed by atoms with Crippen molar-refractivity contribution in [2.45, 2.75) is 13.8 Å². The van der Waals surface area contributed by atoms with Crippen molar-refractivity contribution in [3.05, 3.63) is 28.3 Å². The molecule has 0 spiro atoms. The molecule has 0 aliphatic carbocycles. The average Bonchev–Trinajstić information content (AvgIpc) is 2.21. The molecule has 78 valence electrons. The first kappa shape index (κ1) is 12.8. The smallest absolute Gasteiger partial charge is 0.311 e. The van der Waals surface area contributed by atoms with Crippen molar-refractivity contribution < 1.29 is 10.0 Å². The zero-order valence-corrected chi connectivity index (χ0v) is 9.44. The molecule has 0 heterocycles. The van der Waals surface area contributed by atoms with Gasteiger partial charge in [0.2, 0.25) is 0 Å². The molecule has 0 aliphatic heterocycles. The molecular formula is C9H14NO3P. The molecule has 1 aromatic rings. The number of aromatic hydroxyl groups is 1. The minimum absolute atomic E-state index is 0.221. The second-order valence-electron chi connectivity index (χ2n) is 2.21. The van der Waals surface area contributed by atoms with E-state index in [1.54, 1.807) is 6.07 Å². The van der Waals surface area contributed by atoms with Gasteiger partial charge in [-0.15, -0.1) is 0 Å². The molecular weight excluding hydrogens is 201 g/mol. The van der Waals surface area contributed by atoms with Crippen LogP contribution in [-0.2, 0) is 0 Å². The van der Waals surface area contributed by atoms with Crippen molar-refractivity contribution in [3.8, 4) is 5.75 Å². The lowest BCUT2D eigenvalue weighted by Crippen LogP contribution is -1.96. The Kier molecular flexibility index (Phi) is 5.81. The van der Waals surface area contributed by atoms with Crippen LogP contribution in [0.15, 0.2) is 18.2 Å². The second kappa shape index (κ2) is 6.33. The molecule has 1 N–H and O–H groups in total. The third-order valence-electron chi connectivity index (χ3n) is 1.46. The number of benzene rings is 1. The van der Waals surface area contributed by atoms with Crippen molar-refractivity contribution in [1.82, 2.24) is 0 Å². The molecule has 0 saturated heterocycles. The van der Waals surface area contributed by atoms with Gasteiger partial charge in [-0.05, 0) is 18.0 Å². The van der Waals surface area contributed by atoms with Crippen LogP contribution in [0.25, 0.3) is 0 Å². The first-order valence-electron chi connectivity index (χ1n) is 4.30. The molecule has 14 heavy (non-hydrogen) atoms. The lowest BCUT2D eigenvalue weighted by molar-refractivity contribution is -0.385. The molecule has 0 aliphatic rings. The number of nitro groups is 1. The SMILES string of the molecule is CC.CPc1ccc(O)c([N+](=O)[O-])c1. The highest BCUT2D eigenvalue weighted by atomic mass is 31.1. The Labute approximate surface area is 84.9 Å². The Balaban J connectivity index is 0.000000791. The summed E-state index contributed by atoms with van der Waals surface area (Å²) in [5.41, 5.74) is -0.221. The van der Waals surface area contributed by atoms with E-state index >= 15 is 0 Å². The van der Waals surface area contributed by atoms with Crippen LogP contribution in [0, 0.1) is 10.1 Å². The predicted molar refractivity (Wildman–Crippen MR) is 60.0 cm³/mol. The number of nitrogens with zero attached hydrogens (tertiary/aromatic N) is 1. The summed E-state index contributed by atoms with van der Waals surface area (Å²) in [7, 11) is 0.500. The van der Waals surface area contributed by atoms with E-state index in [0.29, 0.717) is 8.58 Å². The Morgan fingerprint density at radius 3 is 2.43 bits per heavy atom. The summed E-state index contributed by atoms with van der Waals surface area (Å²) in [6.07, 6.45) is 0. The van der Waals surface area contributed by atoms with Crippen molar-refractivity contribution in [2.24, 2.45) is 0 Å². The summed E-state index contributed by atoms with van der Waals surface area (Å²) in [6.45, 7) is 5.93. The summed E-state index contributed by atoms with van der Waals surface area (Å²) in [5, 5.41) is 20.3. The quantitative estimate of drug-likeness (QED) is 0.467. The summed E-state index contributed by atoms with van der Waals surface area (Å²) < 4.78 is 0. The summed E-state index contributed by atoms with van der Waals surface area (Å²) >= 11 is 0. The Morgan fingerprint density at radius 1 is 1.43 bits per heavy atom. The van der Waals surface area contributed by atoms with Crippen molar-refractivity contribution in [2.75, 3.05) is 6.66 Å². The van der Waals surface area contributed by atoms with E-state index in [1.165, 1.54) is 12.1 Å². The number of hydrogen-bond donors (Lipinski definition) is 1. The topological polar surface area (TPSA) is 63.4 Å². The van der Waals surface area contributed by atoms with Gasteiger partial charge in [0, 0.05) is 6.07 Å². The first-order chi connectivity index (χ1) is 6.65. The van der Waals surface area contributed by atoms with Gasteiger partial charge in [-0.1, -0.05) is 28.5 Å². The molecule has 1 atom stereocenters. The van der Waals surface area contributed by atoms with Gasteiger partial charge in [-0.3, -0.25) is 10.1 Å². The molecule has 0 fully saturated rings. The third kappa shape index (κ3) is 3.30. The van der Waals surface area contributed by atoms with Crippen LogP contribution >= 0.6 is 8.58 Å². The van der Waals surface area contributed by atoms with E-state index < -0.39 is 4.92 Å². The number of phenolic OH excluding ortho intramolecular Hbond substituents is 1. The van der Waals surface area contributed by atoms with Gasteiger partial charge >= 0.3 is 5.69 Å². The molecule has 0 amide bonds.